The number of nitrogens with zero attached hydrogens (tertiary/aromatic N) is 3. The van der Waals surface area contributed by atoms with Crippen LogP contribution in [-0.2, 0) is 7.05 Å². The Morgan fingerprint density at radius 2 is 2.10 bits per heavy atom. The summed E-state index contributed by atoms with van der Waals surface area (Å²) in [4.78, 5) is 0. The molecule has 3 N–H and O–H groups in total. The van der Waals surface area contributed by atoms with Gasteiger partial charge in [0.1, 0.15) is 29.8 Å². The van der Waals surface area contributed by atoms with Gasteiger partial charge >= 0.3 is 0 Å². The third-order valence-electron chi connectivity index (χ3n) is 2.88. The zero-order chi connectivity index (χ0) is 14.5. The van der Waals surface area contributed by atoms with Crippen molar-refractivity contribution in [2.24, 2.45) is 7.05 Å². The summed E-state index contributed by atoms with van der Waals surface area (Å²) in [7, 11) is 1.80. The predicted molar refractivity (Wildman–Crippen MR) is 77.5 cm³/mol. The lowest BCUT2D eigenvalue weighted by Crippen LogP contribution is -2.14. The van der Waals surface area contributed by atoms with Crippen molar-refractivity contribution >= 4 is 11.5 Å². The zero-order valence-corrected chi connectivity index (χ0v) is 11.6. The molecule has 104 valence electrons. The molecule has 0 aliphatic rings. The average molecular weight is 271 g/mol. The molecule has 0 saturated carbocycles. The van der Waals surface area contributed by atoms with Crippen LogP contribution in [0.3, 0.4) is 0 Å². The van der Waals surface area contributed by atoms with Gasteiger partial charge in [0.2, 0.25) is 0 Å². The van der Waals surface area contributed by atoms with Gasteiger partial charge in [0, 0.05) is 12.7 Å². The molecule has 1 heterocycles. The third-order valence-corrected chi connectivity index (χ3v) is 2.88. The standard InChI is InChI=1S/C14H17N5O/c1-10-13(9-15)14(19(2)18-10)17-7-8-20-12-5-3-11(16)4-6-12/h3-6,17H,7-8,16H2,1-2H3. The first kappa shape index (κ1) is 13.7. The smallest absolute Gasteiger partial charge is 0.142 e. The van der Waals surface area contributed by atoms with Crippen LogP contribution in [0.4, 0.5) is 11.5 Å². The largest absolute Gasteiger partial charge is 0.492 e. The number of nitrogens with two attached hydrogens (primary N) is 1. The SMILES string of the molecule is Cc1nn(C)c(NCCOc2ccc(N)cc2)c1C#N. The van der Waals surface area contributed by atoms with Crippen molar-refractivity contribution in [1.29, 1.82) is 5.26 Å². The zero-order valence-electron chi connectivity index (χ0n) is 11.6. The number of ether oxygens (including phenoxy) is 1. The Kier molecular flexibility index (Phi) is 4.11. The van der Waals surface area contributed by atoms with Crippen molar-refractivity contribution in [3.05, 3.63) is 35.5 Å². The number of nitrogens with one attached hydrogen (secondary N) is 1. The summed E-state index contributed by atoms with van der Waals surface area (Å²) in [6, 6.07) is 9.38. The fourth-order valence-corrected chi connectivity index (χ4v) is 1.90. The number of rotatable bonds is 5. The van der Waals surface area contributed by atoms with Crippen molar-refractivity contribution in [3.8, 4) is 11.8 Å². The number of aromatic nitrogens is 2. The summed E-state index contributed by atoms with van der Waals surface area (Å²) in [6.07, 6.45) is 0. The summed E-state index contributed by atoms with van der Waals surface area (Å²) in [5.41, 5.74) is 7.60. The minimum atomic E-state index is 0.485. The van der Waals surface area contributed by atoms with E-state index in [2.05, 4.69) is 16.5 Å². The maximum absolute atomic E-state index is 9.09. The van der Waals surface area contributed by atoms with Crippen molar-refractivity contribution in [2.45, 2.75) is 6.92 Å². The van der Waals surface area contributed by atoms with Crippen LogP contribution in [0.25, 0.3) is 0 Å². The number of benzene rings is 1. The van der Waals surface area contributed by atoms with Crippen LogP contribution >= 0.6 is 0 Å². The quantitative estimate of drug-likeness (QED) is 0.638. The van der Waals surface area contributed by atoms with E-state index in [1.54, 1.807) is 23.9 Å². The van der Waals surface area contributed by atoms with Crippen LogP contribution < -0.4 is 15.8 Å². The molecular weight excluding hydrogens is 254 g/mol. The average Bonchev–Trinajstić information content (AvgIpc) is 2.70. The van der Waals surface area contributed by atoms with Crippen LogP contribution in [-0.4, -0.2) is 22.9 Å². The maximum atomic E-state index is 9.09. The topological polar surface area (TPSA) is 88.9 Å². The molecule has 6 nitrogen and oxygen atoms in total. The number of hydrogen-bond acceptors (Lipinski definition) is 5. The first-order valence-corrected chi connectivity index (χ1v) is 6.27. The summed E-state index contributed by atoms with van der Waals surface area (Å²) >= 11 is 0. The first-order valence-electron chi connectivity index (χ1n) is 6.27. The van der Waals surface area contributed by atoms with Crippen molar-refractivity contribution < 1.29 is 4.74 Å². The molecule has 0 atom stereocenters. The molecule has 20 heavy (non-hydrogen) atoms. The van der Waals surface area contributed by atoms with Crippen LogP contribution in [0.15, 0.2) is 24.3 Å². The maximum Gasteiger partial charge on any atom is 0.142 e. The monoisotopic (exact) mass is 271 g/mol. The van der Waals surface area contributed by atoms with E-state index in [0.29, 0.717) is 30.2 Å². The Morgan fingerprint density at radius 3 is 2.75 bits per heavy atom. The Balaban J connectivity index is 1.88. The molecular formula is C14H17N5O. The lowest BCUT2D eigenvalue weighted by Gasteiger charge is -2.09. The highest BCUT2D eigenvalue weighted by Gasteiger charge is 2.11. The van der Waals surface area contributed by atoms with E-state index in [1.807, 2.05) is 19.1 Å². The number of hydrogen-bond donors (Lipinski definition) is 2. The van der Waals surface area contributed by atoms with Gasteiger partial charge in [-0.15, -0.1) is 0 Å². The van der Waals surface area contributed by atoms with Gasteiger partial charge < -0.3 is 15.8 Å². The second-order valence-electron chi connectivity index (χ2n) is 4.39. The highest BCUT2D eigenvalue weighted by atomic mass is 16.5. The van der Waals surface area contributed by atoms with Gasteiger partial charge in [-0.05, 0) is 31.2 Å². The Labute approximate surface area is 117 Å². The van der Waals surface area contributed by atoms with Gasteiger partial charge in [0.05, 0.1) is 12.2 Å². The van der Waals surface area contributed by atoms with Gasteiger partial charge in [0.15, 0.2) is 0 Å². The molecule has 2 rings (SSSR count). The van der Waals surface area contributed by atoms with Gasteiger partial charge in [-0.3, -0.25) is 4.68 Å². The molecule has 0 saturated heterocycles. The minimum absolute atomic E-state index is 0.485. The lowest BCUT2D eigenvalue weighted by atomic mass is 10.2. The van der Waals surface area contributed by atoms with E-state index in [0.717, 1.165) is 11.4 Å². The minimum Gasteiger partial charge on any atom is -0.492 e. The summed E-state index contributed by atoms with van der Waals surface area (Å²) in [6.45, 7) is 2.88. The molecule has 0 bridgehead atoms. The Morgan fingerprint density at radius 1 is 1.40 bits per heavy atom. The van der Waals surface area contributed by atoms with E-state index >= 15 is 0 Å². The summed E-state index contributed by atoms with van der Waals surface area (Å²) in [5, 5.41) is 16.5. The van der Waals surface area contributed by atoms with E-state index in [9.17, 15) is 0 Å². The molecule has 1 aromatic carbocycles. The van der Waals surface area contributed by atoms with E-state index in [1.165, 1.54) is 0 Å². The first-order chi connectivity index (χ1) is 9.61. The van der Waals surface area contributed by atoms with Gasteiger partial charge in [-0.25, -0.2) is 0 Å². The molecule has 0 radical (unpaired) electrons. The third kappa shape index (κ3) is 3.01. The van der Waals surface area contributed by atoms with E-state index in [4.69, 9.17) is 15.7 Å². The fourth-order valence-electron chi connectivity index (χ4n) is 1.90. The molecule has 6 heteroatoms. The molecule has 1 aromatic heterocycles. The van der Waals surface area contributed by atoms with Crippen LogP contribution in [0.1, 0.15) is 11.3 Å². The summed E-state index contributed by atoms with van der Waals surface area (Å²) < 4.78 is 7.24. The lowest BCUT2D eigenvalue weighted by molar-refractivity contribution is 0.332. The van der Waals surface area contributed by atoms with Crippen LogP contribution in [0, 0.1) is 18.3 Å². The summed E-state index contributed by atoms with van der Waals surface area (Å²) in [5.74, 6) is 1.48. The number of aryl methyl sites for hydroxylation is 2. The molecule has 0 aliphatic carbocycles. The highest BCUT2D eigenvalue weighted by molar-refractivity contribution is 5.54. The Hall–Kier alpha value is -2.68. The molecule has 2 aromatic rings. The van der Waals surface area contributed by atoms with Gasteiger partial charge in [0.25, 0.3) is 0 Å². The van der Waals surface area contributed by atoms with Gasteiger partial charge in [-0.2, -0.15) is 10.4 Å². The number of nitrogen functional groups attached to an aromatic ring is 1. The molecule has 0 spiro atoms. The Bertz CT molecular complexity index is 624. The second kappa shape index (κ2) is 5.97. The van der Waals surface area contributed by atoms with E-state index < -0.39 is 0 Å². The number of nitriles is 1. The molecule has 0 amide bonds. The number of anilines is 2. The molecule has 0 unspecified atom stereocenters. The van der Waals surface area contributed by atoms with Crippen molar-refractivity contribution in [1.82, 2.24) is 9.78 Å². The predicted octanol–water partition coefficient (Wildman–Crippen LogP) is 1.67. The van der Waals surface area contributed by atoms with Crippen molar-refractivity contribution in [3.63, 3.8) is 0 Å². The van der Waals surface area contributed by atoms with Gasteiger partial charge in [-0.1, -0.05) is 0 Å². The van der Waals surface area contributed by atoms with Crippen molar-refractivity contribution in [2.75, 3.05) is 24.2 Å². The molecule has 0 aliphatic heterocycles. The van der Waals surface area contributed by atoms with Crippen LogP contribution in [0.5, 0.6) is 5.75 Å². The second-order valence-corrected chi connectivity index (χ2v) is 4.39. The molecule has 0 fully saturated rings. The van der Waals surface area contributed by atoms with E-state index in [-0.39, 0.29) is 0 Å². The highest BCUT2D eigenvalue weighted by Crippen LogP contribution is 2.17. The normalized spacial score (nSPS) is 10.1. The fraction of sp³-hybridized carbons (Fsp3) is 0.286. The van der Waals surface area contributed by atoms with Crippen LogP contribution in [0.2, 0.25) is 0 Å².